The molecule has 0 aliphatic carbocycles. The number of methoxy groups -OCH3 is 1. The first-order valence-electron chi connectivity index (χ1n) is 5.75. The van der Waals surface area contributed by atoms with Gasteiger partial charge in [0.1, 0.15) is 5.41 Å². The maximum atomic E-state index is 12.3. The smallest absolute Gasteiger partial charge is 0.313 e. The summed E-state index contributed by atoms with van der Waals surface area (Å²) in [5, 5.41) is 9.35. The van der Waals surface area contributed by atoms with Gasteiger partial charge in [0.2, 0.25) is 0 Å². The number of thiophene rings is 1. The highest BCUT2D eigenvalue weighted by Gasteiger charge is 2.46. The highest BCUT2D eigenvalue weighted by molar-refractivity contribution is 9.11. The molecule has 1 atom stereocenters. The Labute approximate surface area is 123 Å². The zero-order chi connectivity index (χ0) is 14.0. The minimum absolute atomic E-state index is 0.116. The molecule has 1 N–H and O–H groups in total. The molecule has 7 heteroatoms. The number of likely N-dealkylation sites (tertiary alicyclic amines) is 1. The number of nitrogens with zero attached hydrogens (tertiary/aromatic N) is 1. The molecule has 5 nitrogen and oxygen atoms in total. The Morgan fingerprint density at radius 3 is 2.84 bits per heavy atom. The van der Waals surface area contributed by atoms with Gasteiger partial charge in [-0.2, -0.15) is 0 Å². The molecule has 1 aromatic rings. The van der Waals surface area contributed by atoms with Crippen molar-refractivity contribution in [3.8, 4) is 0 Å². The number of rotatable bonds is 4. The van der Waals surface area contributed by atoms with Crippen molar-refractivity contribution < 1.29 is 19.4 Å². The van der Waals surface area contributed by atoms with E-state index >= 15 is 0 Å². The van der Waals surface area contributed by atoms with Gasteiger partial charge in [-0.1, -0.05) is 0 Å². The van der Waals surface area contributed by atoms with Crippen LogP contribution in [0.2, 0.25) is 0 Å². The summed E-state index contributed by atoms with van der Waals surface area (Å²) in [6.07, 6.45) is 0.425. The SMILES string of the molecule is COCC1(C(=O)O)CCN(C(=O)c2ccc(Br)s2)C1. The van der Waals surface area contributed by atoms with Crippen LogP contribution in [-0.4, -0.2) is 48.7 Å². The highest BCUT2D eigenvalue weighted by atomic mass is 79.9. The molecule has 1 unspecified atom stereocenters. The van der Waals surface area contributed by atoms with Crippen molar-refractivity contribution in [3.63, 3.8) is 0 Å². The Balaban J connectivity index is 2.13. The number of hydrogen-bond acceptors (Lipinski definition) is 4. The van der Waals surface area contributed by atoms with Crippen molar-refractivity contribution in [1.82, 2.24) is 4.90 Å². The maximum absolute atomic E-state index is 12.3. The summed E-state index contributed by atoms with van der Waals surface area (Å²) in [5.41, 5.74) is -0.973. The summed E-state index contributed by atoms with van der Waals surface area (Å²) in [6, 6.07) is 3.56. The summed E-state index contributed by atoms with van der Waals surface area (Å²) >= 11 is 4.66. The average molecular weight is 348 g/mol. The molecule has 19 heavy (non-hydrogen) atoms. The fourth-order valence-corrected chi connectivity index (χ4v) is 3.62. The fraction of sp³-hybridized carbons (Fsp3) is 0.500. The minimum atomic E-state index is -0.973. The van der Waals surface area contributed by atoms with Gasteiger partial charge in [-0.15, -0.1) is 11.3 Å². The van der Waals surface area contributed by atoms with E-state index in [1.54, 1.807) is 11.0 Å². The fourth-order valence-electron chi connectivity index (χ4n) is 2.26. The molecule has 0 aromatic carbocycles. The predicted molar refractivity (Wildman–Crippen MR) is 74.5 cm³/mol. The van der Waals surface area contributed by atoms with Crippen molar-refractivity contribution in [2.24, 2.45) is 5.41 Å². The lowest BCUT2D eigenvalue weighted by atomic mass is 9.88. The summed E-state index contributed by atoms with van der Waals surface area (Å²) in [4.78, 5) is 25.9. The molecular formula is C12H14BrNO4S. The van der Waals surface area contributed by atoms with Crippen LogP contribution in [0.25, 0.3) is 0 Å². The van der Waals surface area contributed by atoms with Crippen molar-refractivity contribution in [2.45, 2.75) is 6.42 Å². The molecule has 2 rings (SSSR count). The Bertz CT molecular complexity index is 504. The standard InChI is InChI=1S/C12H14BrNO4S/c1-18-7-12(11(16)17)4-5-14(6-12)10(15)8-2-3-9(13)19-8/h2-3H,4-7H2,1H3,(H,16,17). The monoisotopic (exact) mass is 347 g/mol. The zero-order valence-electron chi connectivity index (χ0n) is 10.4. The first-order chi connectivity index (χ1) is 8.98. The molecule has 0 bridgehead atoms. The number of aliphatic carboxylic acids is 1. The van der Waals surface area contributed by atoms with Gasteiger partial charge in [0.05, 0.1) is 15.3 Å². The third kappa shape index (κ3) is 2.82. The van der Waals surface area contributed by atoms with E-state index in [-0.39, 0.29) is 19.1 Å². The summed E-state index contributed by atoms with van der Waals surface area (Å²) in [5.74, 6) is -1.02. The summed E-state index contributed by atoms with van der Waals surface area (Å²) in [7, 11) is 1.48. The molecule has 1 aliphatic rings. The van der Waals surface area contributed by atoms with Crippen LogP contribution in [-0.2, 0) is 9.53 Å². The number of halogens is 1. The van der Waals surface area contributed by atoms with Gasteiger partial charge in [-0.05, 0) is 34.5 Å². The van der Waals surface area contributed by atoms with Crippen LogP contribution in [0.5, 0.6) is 0 Å². The Hall–Kier alpha value is -0.920. The summed E-state index contributed by atoms with van der Waals surface area (Å²) < 4.78 is 5.89. The van der Waals surface area contributed by atoms with E-state index in [1.165, 1.54) is 18.4 Å². The van der Waals surface area contributed by atoms with Crippen LogP contribution >= 0.6 is 27.3 Å². The van der Waals surface area contributed by atoms with Crippen molar-refractivity contribution in [1.29, 1.82) is 0 Å². The van der Waals surface area contributed by atoms with E-state index in [0.29, 0.717) is 17.8 Å². The topological polar surface area (TPSA) is 66.8 Å². The molecule has 0 saturated carbocycles. The molecule has 1 aromatic heterocycles. The number of ether oxygens (including phenoxy) is 1. The van der Waals surface area contributed by atoms with Crippen LogP contribution in [0.3, 0.4) is 0 Å². The van der Waals surface area contributed by atoms with Gasteiger partial charge in [-0.25, -0.2) is 0 Å². The molecule has 1 amide bonds. The second-order valence-electron chi connectivity index (χ2n) is 4.60. The molecule has 104 valence electrons. The second-order valence-corrected chi connectivity index (χ2v) is 7.06. The molecule has 0 radical (unpaired) electrons. The first-order valence-corrected chi connectivity index (χ1v) is 7.36. The van der Waals surface area contributed by atoms with Crippen molar-refractivity contribution in [2.75, 3.05) is 26.8 Å². The van der Waals surface area contributed by atoms with Gasteiger partial charge in [-0.3, -0.25) is 9.59 Å². The number of carbonyl (C=O) groups excluding carboxylic acids is 1. The summed E-state index contributed by atoms with van der Waals surface area (Å²) in [6.45, 7) is 0.773. The Kier molecular flexibility index (Phi) is 4.27. The number of hydrogen-bond donors (Lipinski definition) is 1. The van der Waals surface area contributed by atoms with E-state index in [4.69, 9.17) is 4.74 Å². The van der Waals surface area contributed by atoms with Gasteiger partial charge >= 0.3 is 5.97 Å². The van der Waals surface area contributed by atoms with Gasteiger partial charge < -0.3 is 14.7 Å². The van der Waals surface area contributed by atoms with Gasteiger partial charge in [0.15, 0.2) is 0 Å². The Morgan fingerprint density at radius 2 is 2.32 bits per heavy atom. The number of carboxylic acids is 1. The average Bonchev–Trinajstić information content (AvgIpc) is 2.96. The van der Waals surface area contributed by atoms with E-state index in [1.807, 2.05) is 6.07 Å². The molecule has 1 saturated heterocycles. The van der Waals surface area contributed by atoms with Crippen LogP contribution < -0.4 is 0 Å². The van der Waals surface area contributed by atoms with Gasteiger partial charge in [0, 0.05) is 20.2 Å². The van der Waals surface area contributed by atoms with Crippen LogP contribution in [0.15, 0.2) is 15.9 Å². The highest BCUT2D eigenvalue weighted by Crippen LogP contribution is 2.33. The van der Waals surface area contributed by atoms with Crippen LogP contribution in [0.4, 0.5) is 0 Å². The third-order valence-electron chi connectivity index (χ3n) is 3.30. The third-order valence-corrected chi connectivity index (χ3v) is 4.91. The number of amides is 1. The van der Waals surface area contributed by atoms with E-state index in [2.05, 4.69) is 15.9 Å². The van der Waals surface area contributed by atoms with E-state index in [9.17, 15) is 14.7 Å². The zero-order valence-corrected chi connectivity index (χ0v) is 12.8. The lowest BCUT2D eigenvalue weighted by Crippen LogP contribution is -2.40. The Morgan fingerprint density at radius 1 is 1.58 bits per heavy atom. The van der Waals surface area contributed by atoms with Crippen molar-refractivity contribution in [3.05, 3.63) is 20.8 Å². The second kappa shape index (κ2) is 5.60. The molecule has 1 fully saturated rings. The van der Waals surface area contributed by atoms with Crippen LogP contribution in [0, 0.1) is 5.41 Å². The quantitative estimate of drug-likeness (QED) is 0.905. The first kappa shape index (κ1) is 14.5. The maximum Gasteiger partial charge on any atom is 0.313 e. The molecular weight excluding hydrogens is 334 g/mol. The lowest BCUT2D eigenvalue weighted by Gasteiger charge is -2.23. The number of carbonyl (C=O) groups is 2. The largest absolute Gasteiger partial charge is 0.481 e. The lowest BCUT2D eigenvalue weighted by molar-refractivity contribution is -0.151. The van der Waals surface area contributed by atoms with Crippen molar-refractivity contribution >= 4 is 39.1 Å². The minimum Gasteiger partial charge on any atom is -0.481 e. The predicted octanol–water partition coefficient (Wildman–Crippen LogP) is 2.07. The normalized spacial score (nSPS) is 22.7. The van der Waals surface area contributed by atoms with E-state index < -0.39 is 11.4 Å². The molecule has 0 spiro atoms. The molecule has 1 aliphatic heterocycles. The van der Waals surface area contributed by atoms with Gasteiger partial charge in [0.25, 0.3) is 5.91 Å². The number of carboxylic acid groups (broad SMARTS) is 1. The van der Waals surface area contributed by atoms with E-state index in [0.717, 1.165) is 3.79 Å². The van der Waals surface area contributed by atoms with Crippen LogP contribution in [0.1, 0.15) is 16.1 Å². The molecule has 2 heterocycles.